The highest BCUT2D eigenvalue weighted by Gasteiger charge is 2.14. The number of aromatic nitrogens is 1. The van der Waals surface area contributed by atoms with E-state index in [9.17, 15) is 4.79 Å². The van der Waals surface area contributed by atoms with Gasteiger partial charge in [0.05, 0.1) is 0 Å². The Hall–Kier alpha value is -2.16. The molecule has 0 saturated heterocycles. The summed E-state index contributed by atoms with van der Waals surface area (Å²) in [7, 11) is 0. The second-order valence-corrected chi connectivity index (χ2v) is 4.37. The van der Waals surface area contributed by atoms with Crippen LogP contribution in [0.25, 0.3) is 0 Å². The lowest BCUT2D eigenvalue weighted by molar-refractivity contribution is -0.147. The maximum absolute atomic E-state index is 11.2. The van der Waals surface area contributed by atoms with Crippen molar-refractivity contribution in [2.45, 2.75) is 25.9 Å². The third-order valence-corrected chi connectivity index (χ3v) is 2.87. The quantitative estimate of drug-likeness (QED) is 0.769. The monoisotopic (exact) mass is 255 g/mol. The molecule has 1 heterocycles. The van der Waals surface area contributed by atoms with Crippen LogP contribution < -0.4 is 0 Å². The maximum atomic E-state index is 11.2. The summed E-state index contributed by atoms with van der Waals surface area (Å²) in [6, 6.07) is 15.6. The summed E-state index contributed by atoms with van der Waals surface area (Å²) in [6.07, 6.45) is 3.09. The Labute approximate surface area is 113 Å². The van der Waals surface area contributed by atoms with Crippen molar-refractivity contribution in [3.05, 3.63) is 66.0 Å². The molecule has 1 aromatic heterocycles. The molecule has 0 spiro atoms. The van der Waals surface area contributed by atoms with Gasteiger partial charge in [0.25, 0.3) is 0 Å². The first-order valence-electron chi connectivity index (χ1n) is 6.38. The van der Waals surface area contributed by atoms with Gasteiger partial charge in [0.2, 0.25) is 0 Å². The first-order valence-corrected chi connectivity index (χ1v) is 6.38. The fraction of sp³-hybridized carbons (Fsp3) is 0.250. The molecule has 1 atom stereocenters. The summed E-state index contributed by atoms with van der Waals surface area (Å²) >= 11 is 0. The third-order valence-electron chi connectivity index (χ3n) is 2.87. The zero-order valence-corrected chi connectivity index (χ0v) is 11.0. The molecule has 1 unspecified atom stereocenters. The molecule has 3 nitrogen and oxygen atoms in total. The molecule has 0 aliphatic rings. The van der Waals surface area contributed by atoms with Gasteiger partial charge in [-0.2, -0.15) is 0 Å². The van der Waals surface area contributed by atoms with E-state index in [1.807, 2.05) is 48.5 Å². The molecule has 0 amide bonds. The van der Waals surface area contributed by atoms with Crippen molar-refractivity contribution < 1.29 is 9.53 Å². The Balaban J connectivity index is 2.04. The minimum atomic E-state index is -0.255. The van der Waals surface area contributed by atoms with Gasteiger partial charge in [-0.15, -0.1) is 0 Å². The molecule has 0 N–H and O–H groups in total. The van der Waals surface area contributed by atoms with E-state index < -0.39 is 0 Å². The largest absolute Gasteiger partial charge is 0.458 e. The molecule has 2 aromatic rings. The van der Waals surface area contributed by atoms with E-state index in [0.29, 0.717) is 0 Å². The summed E-state index contributed by atoms with van der Waals surface area (Å²) in [5.74, 6) is -0.255. The molecule has 1 aromatic carbocycles. The molecule has 3 heteroatoms. The number of aryl methyl sites for hydroxylation is 1. The molecule has 2 rings (SSSR count). The van der Waals surface area contributed by atoms with Crippen LogP contribution in [0.3, 0.4) is 0 Å². The second kappa shape index (κ2) is 6.69. The lowest BCUT2D eigenvalue weighted by Gasteiger charge is -2.17. The van der Waals surface area contributed by atoms with Crippen LogP contribution in [0.15, 0.2) is 54.7 Å². The standard InChI is InChI=1S/C16H17NO2/c1-13(18)19-16(14-7-3-2-4-8-14)11-10-15-9-5-6-12-17-15/h2-9,12,16H,10-11H2,1H3. The Morgan fingerprint density at radius 2 is 1.89 bits per heavy atom. The molecule has 0 radical (unpaired) electrons. The summed E-state index contributed by atoms with van der Waals surface area (Å²) in [5.41, 5.74) is 2.03. The summed E-state index contributed by atoms with van der Waals surface area (Å²) < 4.78 is 5.39. The number of pyridine rings is 1. The van der Waals surface area contributed by atoms with Gasteiger partial charge in [-0.3, -0.25) is 9.78 Å². The van der Waals surface area contributed by atoms with E-state index >= 15 is 0 Å². The predicted octanol–water partition coefficient (Wildman–Crippen LogP) is 3.32. The Bertz CT molecular complexity index is 511. The number of nitrogens with zero attached hydrogens (tertiary/aromatic N) is 1. The van der Waals surface area contributed by atoms with Crippen LogP contribution in [0.1, 0.15) is 30.7 Å². The van der Waals surface area contributed by atoms with Crippen molar-refractivity contribution in [2.75, 3.05) is 0 Å². The van der Waals surface area contributed by atoms with Gasteiger partial charge in [0, 0.05) is 18.8 Å². The Kier molecular flexibility index (Phi) is 4.67. The van der Waals surface area contributed by atoms with Crippen molar-refractivity contribution in [1.29, 1.82) is 0 Å². The van der Waals surface area contributed by atoms with Crippen LogP contribution in [-0.4, -0.2) is 11.0 Å². The van der Waals surface area contributed by atoms with Gasteiger partial charge in [-0.05, 0) is 30.5 Å². The molecular formula is C16H17NO2. The minimum absolute atomic E-state index is 0.208. The van der Waals surface area contributed by atoms with E-state index in [1.54, 1.807) is 6.20 Å². The number of esters is 1. The van der Waals surface area contributed by atoms with Crippen LogP contribution in [-0.2, 0) is 16.0 Å². The van der Waals surface area contributed by atoms with Gasteiger partial charge in [-0.25, -0.2) is 0 Å². The van der Waals surface area contributed by atoms with Crippen LogP contribution in [0.2, 0.25) is 0 Å². The molecule has 0 bridgehead atoms. The number of carbonyl (C=O) groups excluding carboxylic acids is 1. The average molecular weight is 255 g/mol. The maximum Gasteiger partial charge on any atom is 0.303 e. The minimum Gasteiger partial charge on any atom is -0.458 e. The summed E-state index contributed by atoms with van der Waals surface area (Å²) in [4.78, 5) is 15.5. The van der Waals surface area contributed by atoms with Gasteiger partial charge in [0.15, 0.2) is 0 Å². The van der Waals surface area contributed by atoms with Crippen molar-refractivity contribution in [3.8, 4) is 0 Å². The van der Waals surface area contributed by atoms with E-state index in [2.05, 4.69) is 4.98 Å². The highest BCUT2D eigenvalue weighted by atomic mass is 16.5. The lowest BCUT2D eigenvalue weighted by atomic mass is 10.0. The summed E-state index contributed by atoms with van der Waals surface area (Å²) in [6.45, 7) is 1.44. The highest BCUT2D eigenvalue weighted by molar-refractivity contribution is 5.66. The molecule has 0 aliphatic carbocycles. The molecule has 0 aliphatic heterocycles. The second-order valence-electron chi connectivity index (χ2n) is 4.37. The fourth-order valence-corrected chi connectivity index (χ4v) is 1.99. The SMILES string of the molecule is CC(=O)OC(CCc1ccccn1)c1ccccc1. The van der Waals surface area contributed by atoms with Crippen molar-refractivity contribution in [2.24, 2.45) is 0 Å². The van der Waals surface area contributed by atoms with Gasteiger partial charge in [-0.1, -0.05) is 36.4 Å². The third kappa shape index (κ3) is 4.21. The molecule has 0 saturated carbocycles. The van der Waals surface area contributed by atoms with Crippen molar-refractivity contribution in [1.82, 2.24) is 4.98 Å². The Morgan fingerprint density at radius 1 is 1.16 bits per heavy atom. The van der Waals surface area contributed by atoms with Gasteiger partial charge < -0.3 is 4.74 Å². The smallest absolute Gasteiger partial charge is 0.303 e. The number of carbonyl (C=O) groups is 1. The van der Waals surface area contributed by atoms with Gasteiger partial charge >= 0.3 is 5.97 Å². The van der Waals surface area contributed by atoms with E-state index in [0.717, 1.165) is 24.1 Å². The van der Waals surface area contributed by atoms with Crippen LogP contribution >= 0.6 is 0 Å². The van der Waals surface area contributed by atoms with Crippen LogP contribution in [0.4, 0.5) is 0 Å². The van der Waals surface area contributed by atoms with Crippen molar-refractivity contribution in [3.63, 3.8) is 0 Å². The van der Waals surface area contributed by atoms with E-state index in [-0.39, 0.29) is 12.1 Å². The number of rotatable bonds is 5. The zero-order chi connectivity index (χ0) is 13.5. The molecule has 98 valence electrons. The number of hydrogen-bond donors (Lipinski definition) is 0. The Morgan fingerprint density at radius 3 is 2.53 bits per heavy atom. The van der Waals surface area contributed by atoms with Crippen LogP contribution in [0, 0.1) is 0 Å². The first-order chi connectivity index (χ1) is 9.25. The number of benzene rings is 1. The topological polar surface area (TPSA) is 39.2 Å². The van der Waals surface area contributed by atoms with Gasteiger partial charge in [0.1, 0.15) is 6.10 Å². The van der Waals surface area contributed by atoms with E-state index in [1.165, 1.54) is 6.92 Å². The van der Waals surface area contributed by atoms with Crippen molar-refractivity contribution >= 4 is 5.97 Å². The average Bonchev–Trinajstić information content (AvgIpc) is 2.45. The van der Waals surface area contributed by atoms with Crippen LogP contribution in [0.5, 0.6) is 0 Å². The molecular weight excluding hydrogens is 238 g/mol. The number of hydrogen-bond acceptors (Lipinski definition) is 3. The highest BCUT2D eigenvalue weighted by Crippen LogP contribution is 2.22. The normalized spacial score (nSPS) is 11.8. The molecule has 0 fully saturated rings. The number of ether oxygens (including phenoxy) is 1. The molecule has 19 heavy (non-hydrogen) atoms. The lowest BCUT2D eigenvalue weighted by Crippen LogP contribution is -2.10. The zero-order valence-electron chi connectivity index (χ0n) is 11.0. The first kappa shape index (κ1) is 13.3. The fourth-order valence-electron chi connectivity index (χ4n) is 1.99. The predicted molar refractivity (Wildman–Crippen MR) is 73.5 cm³/mol. The summed E-state index contributed by atoms with van der Waals surface area (Å²) in [5, 5.41) is 0. The van der Waals surface area contributed by atoms with E-state index in [4.69, 9.17) is 4.74 Å².